The largest absolute Gasteiger partial charge is 0.497 e. The highest BCUT2D eigenvalue weighted by atomic mass is 16.5. The van der Waals surface area contributed by atoms with Crippen LogP contribution in [0.1, 0.15) is 30.0 Å². The summed E-state index contributed by atoms with van der Waals surface area (Å²) >= 11 is 0. The van der Waals surface area contributed by atoms with E-state index in [4.69, 9.17) is 14.2 Å². The van der Waals surface area contributed by atoms with Gasteiger partial charge in [0.1, 0.15) is 23.2 Å². The van der Waals surface area contributed by atoms with Crippen LogP contribution in [-0.4, -0.2) is 43.2 Å². The Morgan fingerprint density at radius 2 is 1.19 bits per heavy atom. The number of hydrogen-bond acceptors (Lipinski definition) is 5. The van der Waals surface area contributed by atoms with Gasteiger partial charge in [-0.25, -0.2) is 0 Å². The molecule has 0 heterocycles. The molecule has 2 N–H and O–H groups in total. The SMILES string of the molecule is CC[C@H](OC(c1ccccc1)(c1ccc(OC)cc1)c1ccc(OC)cc1)[C@H](O)CO. The molecule has 0 aliphatic rings. The van der Waals surface area contributed by atoms with Crippen molar-refractivity contribution in [3.05, 3.63) is 95.6 Å². The van der Waals surface area contributed by atoms with E-state index in [1.165, 1.54) is 0 Å². The van der Waals surface area contributed by atoms with E-state index in [1.807, 2.05) is 85.8 Å². The van der Waals surface area contributed by atoms with Gasteiger partial charge in [-0.1, -0.05) is 61.5 Å². The number of aliphatic hydroxyl groups excluding tert-OH is 2. The molecule has 2 atom stereocenters. The van der Waals surface area contributed by atoms with E-state index in [0.29, 0.717) is 6.42 Å². The zero-order chi connectivity index (χ0) is 22.3. The van der Waals surface area contributed by atoms with Gasteiger partial charge in [-0.3, -0.25) is 0 Å². The lowest BCUT2D eigenvalue weighted by molar-refractivity contribution is -0.114. The molecule has 3 aromatic rings. The van der Waals surface area contributed by atoms with Gasteiger partial charge in [-0.05, 0) is 47.4 Å². The fraction of sp³-hybridized carbons (Fsp3) is 0.308. The molecule has 5 nitrogen and oxygen atoms in total. The van der Waals surface area contributed by atoms with Gasteiger partial charge in [-0.2, -0.15) is 0 Å². The van der Waals surface area contributed by atoms with Crippen LogP contribution in [0, 0.1) is 0 Å². The van der Waals surface area contributed by atoms with E-state index in [-0.39, 0.29) is 6.61 Å². The maximum absolute atomic E-state index is 10.5. The second kappa shape index (κ2) is 10.4. The molecule has 0 aliphatic heterocycles. The minimum Gasteiger partial charge on any atom is -0.497 e. The first-order valence-corrected chi connectivity index (χ1v) is 10.4. The molecule has 0 fully saturated rings. The Morgan fingerprint density at radius 1 is 0.742 bits per heavy atom. The fourth-order valence-corrected chi connectivity index (χ4v) is 3.81. The van der Waals surface area contributed by atoms with Gasteiger partial charge in [0.15, 0.2) is 0 Å². The van der Waals surface area contributed by atoms with Crippen molar-refractivity contribution < 1.29 is 24.4 Å². The molecular weight excluding hydrogens is 392 g/mol. The molecule has 0 amide bonds. The Labute approximate surface area is 183 Å². The summed E-state index contributed by atoms with van der Waals surface area (Å²) in [5, 5.41) is 20.1. The van der Waals surface area contributed by atoms with Gasteiger partial charge in [0.25, 0.3) is 0 Å². The molecule has 0 aromatic heterocycles. The molecule has 3 aromatic carbocycles. The third kappa shape index (κ3) is 4.74. The molecule has 31 heavy (non-hydrogen) atoms. The van der Waals surface area contributed by atoms with Crippen molar-refractivity contribution in [1.82, 2.24) is 0 Å². The third-order valence-corrected chi connectivity index (χ3v) is 5.52. The van der Waals surface area contributed by atoms with Gasteiger partial charge in [-0.15, -0.1) is 0 Å². The molecule has 5 heteroatoms. The average molecular weight is 423 g/mol. The monoisotopic (exact) mass is 422 g/mol. The van der Waals surface area contributed by atoms with Crippen molar-refractivity contribution >= 4 is 0 Å². The van der Waals surface area contributed by atoms with Crippen molar-refractivity contribution in [2.45, 2.75) is 31.2 Å². The van der Waals surface area contributed by atoms with E-state index in [9.17, 15) is 10.2 Å². The first kappa shape index (κ1) is 22.8. The predicted octanol–water partition coefficient (Wildman–Crippen LogP) is 4.14. The molecular formula is C26H30O5. The van der Waals surface area contributed by atoms with Gasteiger partial charge in [0, 0.05) is 0 Å². The zero-order valence-electron chi connectivity index (χ0n) is 18.2. The van der Waals surface area contributed by atoms with Crippen LogP contribution in [0.25, 0.3) is 0 Å². The Morgan fingerprint density at radius 3 is 1.58 bits per heavy atom. The molecule has 0 saturated heterocycles. The third-order valence-electron chi connectivity index (χ3n) is 5.52. The van der Waals surface area contributed by atoms with Gasteiger partial charge >= 0.3 is 0 Å². The highest BCUT2D eigenvalue weighted by Crippen LogP contribution is 2.43. The molecule has 0 radical (unpaired) electrons. The lowest BCUT2D eigenvalue weighted by Crippen LogP contribution is -2.42. The van der Waals surface area contributed by atoms with Crippen LogP contribution in [0.2, 0.25) is 0 Å². The van der Waals surface area contributed by atoms with Crippen molar-refractivity contribution in [3.63, 3.8) is 0 Å². The van der Waals surface area contributed by atoms with Gasteiger partial charge in [0.05, 0.1) is 26.9 Å². The summed E-state index contributed by atoms with van der Waals surface area (Å²) in [5.74, 6) is 1.48. The number of aliphatic hydroxyl groups is 2. The normalized spacial score (nSPS) is 13.5. The second-order valence-corrected chi connectivity index (χ2v) is 7.32. The van der Waals surface area contributed by atoms with E-state index in [1.54, 1.807) is 14.2 Å². The van der Waals surface area contributed by atoms with Crippen molar-refractivity contribution in [2.24, 2.45) is 0 Å². The van der Waals surface area contributed by atoms with Gasteiger partial charge < -0.3 is 24.4 Å². The number of ether oxygens (including phenoxy) is 3. The number of benzene rings is 3. The molecule has 0 saturated carbocycles. The Hall–Kier alpha value is -2.86. The Balaban J connectivity index is 2.27. The minimum absolute atomic E-state index is 0.380. The van der Waals surface area contributed by atoms with Crippen molar-refractivity contribution in [3.8, 4) is 11.5 Å². The van der Waals surface area contributed by atoms with E-state index in [0.717, 1.165) is 28.2 Å². The smallest absolute Gasteiger partial charge is 0.144 e. The summed E-state index contributed by atoms with van der Waals surface area (Å²) in [6, 6.07) is 25.3. The lowest BCUT2D eigenvalue weighted by Gasteiger charge is -2.40. The summed E-state index contributed by atoms with van der Waals surface area (Å²) in [6.45, 7) is 1.55. The highest BCUT2D eigenvalue weighted by molar-refractivity contribution is 5.49. The van der Waals surface area contributed by atoms with Gasteiger partial charge in [0.2, 0.25) is 0 Å². The standard InChI is InChI=1S/C26H30O5/c1-4-25(24(28)18-27)31-26(19-8-6-5-7-9-19,20-10-14-22(29-2)15-11-20)21-12-16-23(30-3)17-13-21/h5-17,24-25,27-28H,4,18H2,1-3H3/t24-,25+/m1/s1. The van der Waals surface area contributed by atoms with Crippen LogP contribution < -0.4 is 9.47 Å². The first-order valence-electron chi connectivity index (χ1n) is 10.4. The van der Waals surface area contributed by atoms with Crippen molar-refractivity contribution in [1.29, 1.82) is 0 Å². The summed E-state index contributed by atoms with van der Waals surface area (Å²) in [7, 11) is 3.26. The minimum atomic E-state index is -1.02. The summed E-state index contributed by atoms with van der Waals surface area (Å²) in [5.41, 5.74) is 1.66. The summed E-state index contributed by atoms with van der Waals surface area (Å²) < 4.78 is 17.5. The van der Waals surface area contributed by atoms with E-state index in [2.05, 4.69) is 0 Å². The van der Waals surface area contributed by atoms with Crippen LogP contribution in [0.15, 0.2) is 78.9 Å². The summed E-state index contributed by atoms with van der Waals surface area (Å²) in [6.07, 6.45) is -1.07. The Kier molecular flexibility index (Phi) is 7.69. The molecule has 0 unspecified atom stereocenters. The molecule has 0 spiro atoms. The molecule has 0 aliphatic carbocycles. The lowest BCUT2D eigenvalue weighted by atomic mass is 9.79. The average Bonchev–Trinajstić information content (AvgIpc) is 2.85. The van der Waals surface area contributed by atoms with Crippen LogP contribution in [0.3, 0.4) is 0 Å². The predicted molar refractivity (Wildman–Crippen MR) is 121 cm³/mol. The van der Waals surface area contributed by atoms with Crippen molar-refractivity contribution in [2.75, 3.05) is 20.8 Å². The quantitative estimate of drug-likeness (QED) is 0.481. The fourth-order valence-electron chi connectivity index (χ4n) is 3.81. The topological polar surface area (TPSA) is 68.2 Å². The second-order valence-electron chi connectivity index (χ2n) is 7.32. The van der Waals surface area contributed by atoms with E-state index >= 15 is 0 Å². The maximum Gasteiger partial charge on any atom is 0.144 e. The highest BCUT2D eigenvalue weighted by Gasteiger charge is 2.41. The first-order chi connectivity index (χ1) is 15.1. The number of methoxy groups -OCH3 is 2. The zero-order valence-corrected chi connectivity index (χ0v) is 18.2. The maximum atomic E-state index is 10.5. The van der Waals surface area contributed by atoms with Crippen LogP contribution >= 0.6 is 0 Å². The van der Waals surface area contributed by atoms with Crippen LogP contribution in [0.4, 0.5) is 0 Å². The number of hydrogen-bond donors (Lipinski definition) is 2. The number of rotatable bonds is 10. The van der Waals surface area contributed by atoms with E-state index < -0.39 is 17.8 Å². The molecule has 3 rings (SSSR count). The van der Waals surface area contributed by atoms with Crippen LogP contribution in [-0.2, 0) is 10.3 Å². The van der Waals surface area contributed by atoms with Crippen LogP contribution in [0.5, 0.6) is 11.5 Å². The molecule has 0 bridgehead atoms. The summed E-state index contributed by atoms with van der Waals surface area (Å²) in [4.78, 5) is 0. The molecule has 164 valence electrons. The Bertz CT molecular complexity index is 875.